The lowest BCUT2D eigenvalue weighted by atomic mass is 9.82. The Morgan fingerprint density at radius 3 is 3.04 bits per heavy atom. The zero-order chi connectivity index (χ0) is 28.5. The maximum atomic E-state index is 13.3. The van der Waals surface area contributed by atoms with E-state index in [9.17, 15) is 4.79 Å². The van der Waals surface area contributed by atoms with Crippen molar-refractivity contribution >= 4 is 16.8 Å². The van der Waals surface area contributed by atoms with E-state index >= 15 is 0 Å². The molecule has 0 spiro atoms. The highest BCUT2D eigenvalue weighted by atomic mass is 16.2. The quantitative estimate of drug-likeness (QED) is 0.921. The van der Waals surface area contributed by atoms with Gasteiger partial charge in [-0.3, -0.25) is 9.48 Å². The number of piperidine rings is 2. The van der Waals surface area contributed by atoms with Crippen LogP contribution < -0.4 is 5.32 Å². The van der Waals surface area contributed by atoms with E-state index in [-0.39, 0.29) is 10.9 Å². The summed E-state index contributed by atoms with van der Waals surface area (Å²) in [6.07, 6.45) is -14.1. The summed E-state index contributed by atoms with van der Waals surface area (Å²) in [6.45, 7) is 0. The van der Waals surface area contributed by atoms with Gasteiger partial charge >= 0.3 is 0 Å². The standard InChI is InChI=1S/C18H24N4O/c1-21-13-6-5-7-14(21)11-12(10-13)19-18(23)17-15-8-3-4-9-16(15)22(2)20-17/h3-4,8-9,12-14H,5-7,10-11H2,1-2H3,(H,19,23)/t13-,14-/m1/s1/i3D,4D,5D2,6D2,7D2,8D,9D,10D2,13D,14D/t12?,13-,14-. The number of aromatic nitrogens is 2. The fourth-order valence-electron chi connectivity index (χ4n) is 2.64. The average molecular weight is 327 g/mol. The van der Waals surface area contributed by atoms with Gasteiger partial charge in [0.25, 0.3) is 5.91 Å². The molecule has 2 aliphatic heterocycles. The SMILES string of the molecule is [2H]c1c([2H])c([2H])c2c(c(C(=O)NC3C[C@]4([2H])N(C)[C@@]([2H])(C3([2H])[2H])C([2H])([2H])C([2H])([2H])C4([2H])[2H])nn2C)c1[2H]. The molecular formula is C18H24N4O. The van der Waals surface area contributed by atoms with Crippen LogP contribution >= 0.6 is 0 Å². The van der Waals surface area contributed by atoms with Gasteiger partial charge in [-0.05, 0) is 38.6 Å². The van der Waals surface area contributed by atoms with Crippen LogP contribution in [0.1, 0.15) is 61.6 Å². The van der Waals surface area contributed by atoms with Crippen molar-refractivity contribution in [1.82, 2.24) is 20.0 Å². The highest BCUT2D eigenvalue weighted by Crippen LogP contribution is 2.32. The molecule has 1 amide bonds. The van der Waals surface area contributed by atoms with Gasteiger partial charge in [-0.1, -0.05) is 24.5 Å². The molecule has 122 valence electrons. The number of hydrogen-bond donors (Lipinski definition) is 1. The third-order valence-corrected chi connectivity index (χ3v) is 3.83. The summed E-state index contributed by atoms with van der Waals surface area (Å²) in [5, 5.41) is 5.96. The first kappa shape index (κ1) is 5.88. The minimum atomic E-state index is -3.49. The van der Waals surface area contributed by atoms with Gasteiger partial charge in [0.15, 0.2) is 5.69 Å². The molecule has 2 saturated heterocycles. The number of aryl methyl sites for hydroxylation is 1. The zero-order valence-corrected chi connectivity index (χ0v) is 12.5. The first-order valence-electron chi connectivity index (χ1n) is 14.0. The number of hydrogen-bond acceptors (Lipinski definition) is 3. The second-order valence-electron chi connectivity index (χ2n) is 5.30. The zero-order valence-electron chi connectivity index (χ0n) is 26.5. The third kappa shape index (κ3) is 2.53. The van der Waals surface area contributed by atoms with Gasteiger partial charge < -0.3 is 10.2 Å². The largest absolute Gasteiger partial charge is 0.348 e. The van der Waals surface area contributed by atoms with E-state index in [1.54, 1.807) is 0 Å². The first-order valence-corrected chi connectivity index (χ1v) is 7.03. The van der Waals surface area contributed by atoms with Crippen molar-refractivity contribution in [2.45, 2.75) is 50.0 Å². The number of carbonyl (C=O) groups excluding carboxylic acids is 1. The van der Waals surface area contributed by atoms with Gasteiger partial charge in [0.2, 0.25) is 0 Å². The van der Waals surface area contributed by atoms with Crippen LogP contribution in [0.25, 0.3) is 10.9 Å². The molecule has 2 fully saturated rings. The van der Waals surface area contributed by atoms with Crippen molar-refractivity contribution < 1.29 is 24.0 Å². The average Bonchev–Trinajstić information content (AvgIpc) is 3.14. The lowest BCUT2D eigenvalue weighted by Gasteiger charge is -2.47. The molecule has 0 aliphatic carbocycles. The van der Waals surface area contributed by atoms with Crippen LogP contribution in [0.4, 0.5) is 0 Å². The fraction of sp³-hybridized carbons (Fsp3) is 0.556. The molecule has 23 heavy (non-hydrogen) atoms. The van der Waals surface area contributed by atoms with Crippen LogP contribution in [0.3, 0.4) is 0 Å². The Morgan fingerprint density at radius 2 is 2.17 bits per heavy atom. The predicted octanol–water partition coefficient (Wildman–Crippen LogP) is 2.32. The Hall–Kier alpha value is -1.88. The minimum Gasteiger partial charge on any atom is -0.348 e. The van der Waals surface area contributed by atoms with Crippen molar-refractivity contribution in [3.63, 3.8) is 0 Å². The molecule has 3 heterocycles. The molecule has 2 bridgehead atoms. The third-order valence-electron chi connectivity index (χ3n) is 3.83. The molecule has 0 saturated carbocycles. The minimum absolute atomic E-state index is 0.103. The van der Waals surface area contributed by atoms with E-state index in [1.165, 1.54) is 7.05 Å². The van der Waals surface area contributed by atoms with Crippen LogP contribution in [0, 0.1) is 0 Å². The fourth-order valence-corrected chi connectivity index (χ4v) is 2.64. The summed E-state index contributed by atoms with van der Waals surface area (Å²) in [5.41, 5.74) is -0.613. The molecule has 0 radical (unpaired) electrons. The number of fused-ring (bicyclic) bond motifs is 3. The van der Waals surface area contributed by atoms with Gasteiger partial charge in [0.05, 0.1) is 11.0 Å². The maximum absolute atomic E-state index is 13.3. The Labute approximate surface area is 156 Å². The summed E-state index contributed by atoms with van der Waals surface area (Å²) in [7, 11) is 2.31. The molecule has 4 rings (SSSR count). The van der Waals surface area contributed by atoms with Gasteiger partial charge in [0, 0.05) is 44.2 Å². The molecule has 2 aromatic rings. The monoisotopic (exact) mass is 326 g/mol. The van der Waals surface area contributed by atoms with Crippen LogP contribution in [-0.2, 0) is 7.05 Å². The normalized spacial score (nSPS) is 52.0. The van der Waals surface area contributed by atoms with E-state index in [0.29, 0.717) is 4.90 Å². The van der Waals surface area contributed by atoms with Gasteiger partial charge in [0.1, 0.15) is 0 Å². The van der Waals surface area contributed by atoms with E-state index < -0.39 is 85.8 Å². The molecule has 1 aromatic heterocycles. The number of amides is 1. The number of nitrogens with zero attached hydrogens (tertiary/aromatic N) is 3. The van der Waals surface area contributed by atoms with Crippen molar-refractivity contribution in [2.75, 3.05) is 7.05 Å². The van der Waals surface area contributed by atoms with Crippen molar-refractivity contribution in [3.8, 4) is 0 Å². The van der Waals surface area contributed by atoms with Crippen LogP contribution in [0.2, 0.25) is 0 Å². The van der Waals surface area contributed by atoms with Gasteiger partial charge in [-0.2, -0.15) is 5.10 Å². The summed E-state index contributed by atoms with van der Waals surface area (Å²) in [4.78, 5) is 13.9. The van der Waals surface area contributed by atoms with E-state index in [1.807, 2.05) is 0 Å². The number of para-hydroxylation sites is 1. The van der Waals surface area contributed by atoms with E-state index in [4.69, 9.17) is 19.2 Å². The molecule has 3 atom stereocenters. The Balaban J connectivity index is 1.87. The number of benzene rings is 1. The second-order valence-corrected chi connectivity index (χ2v) is 5.30. The molecule has 1 aromatic carbocycles. The van der Waals surface area contributed by atoms with Crippen LogP contribution in [0.5, 0.6) is 0 Å². The number of rotatable bonds is 2. The Bertz CT molecular complexity index is 1340. The molecular weight excluding hydrogens is 288 g/mol. The Morgan fingerprint density at radius 1 is 1.39 bits per heavy atom. The highest BCUT2D eigenvalue weighted by molar-refractivity contribution is 6.04. The lowest BCUT2D eigenvalue weighted by Crippen LogP contribution is -2.55. The second kappa shape index (κ2) is 5.64. The molecule has 2 aliphatic rings. The first-order chi connectivity index (χ1) is 16.6. The van der Waals surface area contributed by atoms with Crippen LogP contribution in [-0.4, -0.2) is 45.7 Å². The smallest absolute Gasteiger partial charge is 0.272 e. The highest BCUT2D eigenvalue weighted by Gasteiger charge is 2.36. The lowest BCUT2D eigenvalue weighted by molar-refractivity contribution is 0.0462. The predicted molar refractivity (Wildman–Crippen MR) is 90.4 cm³/mol. The molecule has 5 heteroatoms. The van der Waals surface area contributed by atoms with Crippen molar-refractivity contribution in [2.24, 2.45) is 7.05 Å². The van der Waals surface area contributed by atoms with Gasteiger partial charge in [-0.25, -0.2) is 0 Å². The Kier molecular flexibility index (Phi) is 1.44. The summed E-state index contributed by atoms with van der Waals surface area (Å²) < 4.78 is 118. The van der Waals surface area contributed by atoms with E-state index in [2.05, 4.69) is 10.4 Å². The van der Waals surface area contributed by atoms with Gasteiger partial charge in [-0.15, -0.1) is 0 Å². The van der Waals surface area contributed by atoms with Crippen LogP contribution in [0.15, 0.2) is 24.2 Å². The van der Waals surface area contributed by atoms with Crippen molar-refractivity contribution in [1.29, 1.82) is 0 Å². The topological polar surface area (TPSA) is 50.2 Å². The molecule has 5 nitrogen and oxygen atoms in total. The number of nitrogens with one attached hydrogen (secondary N) is 1. The summed E-state index contributed by atoms with van der Waals surface area (Å²) >= 11 is 0. The van der Waals surface area contributed by atoms with E-state index in [0.717, 1.165) is 11.7 Å². The maximum Gasteiger partial charge on any atom is 0.272 e. The summed E-state index contributed by atoms with van der Waals surface area (Å²) in [5.74, 6) is -1.15. The van der Waals surface area contributed by atoms with Crippen molar-refractivity contribution in [3.05, 3.63) is 29.9 Å². The molecule has 1 unspecified atom stereocenters. The number of carbonyl (C=O) groups is 1. The summed E-state index contributed by atoms with van der Waals surface area (Å²) in [6, 6.07) is -9.95. The molecule has 1 N–H and O–H groups in total.